The van der Waals surface area contributed by atoms with E-state index in [0.29, 0.717) is 13.2 Å². The maximum atomic E-state index is 11.6. The Morgan fingerprint density at radius 2 is 1.89 bits per heavy atom. The van der Waals surface area contributed by atoms with E-state index in [9.17, 15) is 9.90 Å². The number of ether oxygens (including phenoxy) is 1. The summed E-state index contributed by atoms with van der Waals surface area (Å²) in [5.74, 6) is 0. The summed E-state index contributed by atoms with van der Waals surface area (Å²) in [4.78, 5) is 13.2. The SMILES string of the molecule is CC(C)(C)N(C(=O)O)C12CCC(CN)(CC1)OC2. The number of hydrogen-bond donors (Lipinski definition) is 2. The van der Waals surface area contributed by atoms with E-state index in [4.69, 9.17) is 10.5 Å². The average Bonchev–Trinajstić information content (AvgIpc) is 2.28. The smallest absolute Gasteiger partial charge is 0.408 e. The van der Waals surface area contributed by atoms with Gasteiger partial charge in [0.15, 0.2) is 0 Å². The molecule has 104 valence electrons. The van der Waals surface area contributed by atoms with Crippen molar-refractivity contribution < 1.29 is 14.6 Å². The monoisotopic (exact) mass is 256 g/mol. The van der Waals surface area contributed by atoms with Crippen molar-refractivity contribution in [2.24, 2.45) is 5.73 Å². The van der Waals surface area contributed by atoms with Crippen LogP contribution in [0.25, 0.3) is 0 Å². The maximum absolute atomic E-state index is 11.6. The molecule has 0 radical (unpaired) electrons. The Balaban J connectivity index is 2.26. The van der Waals surface area contributed by atoms with Gasteiger partial charge in [-0.2, -0.15) is 0 Å². The number of carboxylic acid groups (broad SMARTS) is 1. The Hall–Kier alpha value is -0.810. The van der Waals surface area contributed by atoms with Crippen LogP contribution in [0.5, 0.6) is 0 Å². The Bertz CT molecular complexity index is 324. The van der Waals surface area contributed by atoms with Crippen molar-refractivity contribution in [1.29, 1.82) is 0 Å². The lowest BCUT2D eigenvalue weighted by Crippen LogP contribution is -2.69. The molecule has 5 nitrogen and oxygen atoms in total. The fourth-order valence-electron chi connectivity index (χ4n) is 3.50. The quantitative estimate of drug-likeness (QED) is 0.790. The van der Waals surface area contributed by atoms with E-state index in [1.807, 2.05) is 20.8 Å². The van der Waals surface area contributed by atoms with Gasteiger partial charge >= 0.3 is 6.09 Å². The average molecular weight is 256 g/mol. The molecule has 3 aliphatic rings. The minimum atomic E-state index is -0.853. The predicted octanol–water partition coefficient (Wildman–Crippen LogP) is 1.81. The molecule has 0 atom stereocenters. The van der Waals surface area contributed by atoms with E-state index >= 15 is 0 Å². The van der Waals surface area contributed by atoms with Crippen molar-refractivity contribution in [3.63, 3.8) is 0 Å². The van der Waals surface area contributed by atoms with Gasteiger partial charge < -0.3 is 15.6 Å². The fraction of sp³-hybridized carbons (Fsp3) is 0.923. The van der Waals surface area contributed by atoms with E-state index in [1.165, 1.54) is 0 Å². The number of nitrogens with two attached hydrogens (primary N) is 1. The van der Waals surface area contributed by atoms with Gasteiger partial charge in [0.05, 0.1) is 17.7 Å². The Morgan fingerprint density at radius 3 is 2.17 bits per heavy atom. The minimum Gasteiger partial charge on any atom is -0.465 e. The number of carbonyl (C=O) groups is 1. The van der Waals surface area contributed by atoms with Crippen LogP contribution in [0.2, 0.25) is 0 Å². The maximum Gasteiger partial charge on any atom is 0.408 e. The molecule has 2 aliphatic heterocycles. The summed E-state index contributed by atoms with van der Waals surface area (Å²) >= 11 is 0. The molecule has 2 heterocycles. The first-order valence-electron chi connectivity index (χ1n) is 6.62. The van der Waals surface area contributed by atoms with Crippen LogP contribution in [-0.2, 0) is 4.74 Å². The molecule has 3 fully saturated rings. The third-order valence-corrected chi connectivity index (χ3v) is 4.45. The molecule has 1 amide bonds. The van der Waals surface area contributed by atoms with Gasteiger partial charge in [0.25, 0.3) is 0 Å². The predicted molar refractivity (Wildman–Crippen MR) is 68.6 cm³/mol. The highest BCUT2D eigenvalue weighted by Crippen LogP contribution is 2.48. The van der Waals surface area contributed by atoms with Gasteiger partial charge in [-0.15, -0.1) is 0 Å². The molecule has 3 rings (SSSR count). The van der Waals surface area contributed by atoms with Gasteiger partial charge in [-0.25, -0.2) is 4.79 Å². The molecule has 0 aromatic heterocycles. The molecular formula is C13H24N2O3. The first-order chi connectivity index (χ1) is 8.25. The summed E-state index contributed by atoms with van der Waals surface area (Å²) in [6, 6.07) is 0. The number of hydrogen-bond acceptors (Lipinski definition) is 3. The summed E-state index contributed by atoms with van der Waals surface area (Å²) in [7, 11) is 0. The summed E-state index contributed by atoms with van der Waals surface area (Å²) in [6.45, 7) is 6.83. The van der Waals surface area contributed by atoms with Crippen LogP contribution in [0.1, 0.15) is 46.5 Å². The molecule has 2 bridgehead atoms. The highest BCUT2D eigenvalue weighted by Gasteiger charge is 2.55. The van der Waals surface area contributed by atoms with Crippen molar-refractivity contribution in [2.45, 2.75) is 63.1 Å². The van der Waals surface area contributed by atoms with Crippen molar-refractivity contribution in [3.05, 3.63) is 0 Å². The fourth-order valence-corrected chi connectivity index (χ4v) is 3.50. The molecular weight excluding hydrogens is 232 g/mol. The molecule has 2 saturated heterocycles. The Labute approximate surface area is 108 Å². The topological polar surface area (TPSA) is 75.8 Å². The molecule has 0 unspecified atom stereocenters. The summed E-state index contributed by atoms with van der Waals surface area (Å²) in [5.41, 5.74) is 4.83. The van der Waals surface area contributed by atoms with Crippen LogP contribution < -0.4 is 5.73 Å². The first-order valence-corrected chi connectivity index (χ1v) is 6.62. The summed E-state index contributed by atoms with van der Waals surface area (Å²) < 4.78 is 5.91. The number of amides is 1. The summed E-state index contributed by atoms with van der Waals surface area (Å²) in [6.07, 6.45) is 2.59. The second-order valence-electron chi connectivity index (χ2n) is 6.69. The van der Waals surface area contributed by atoms with Crippen LogP contribution in [0.15, 0.2) is 0 Å². The van der Waals surface area contributed by atoms with Crippen LogP contribution in [0, 0.1) is 0 Å². The summed E-state index contributed by atoms with van der Waals surface area (Å²) in [5, 5.41) is 9.54. The van der Waals surface area contributed by atoms with E-state index in [-0.39, 0.29) is 11.1 Å². The molecule has 1 aliphatic carbocycles. The standard InChI is InChI=1S/C13H24N2O3/c1-11(2,3)15(10(16)17)12-4-6-13(8-14,7-5-12)18-9-12/h4-9,14H2,1-3H3,(H,16,17). The van der Waals surface area contributed by atoms with Crippen LogP contribution >= 0.6 is 0 Å². The van der Waals surface area contributed by atoms with Gasteiger partial charge in [0, 0.05) is 12.1 Å². The number of nitrogens with zero attached hydrogens (tertiary/aromatic N) is 1. The van der Waals surface area contributed by atoms with Crippen LogP contribution in [0.3, 0.4) is 0 Å². The zero-order chi connectivity index (χ0) is 13.6. The van der Waals surface area contributed by atoms with E-state index in [1.54, 1.807) is 4.90 Å². The number of fused-ring (bicyclic) bond motifs is 3. The van der Waals surface area contributed by atoms with Gasteiger partial charge in [-0.1, -0.05) is 0 Å². The minimum absolute atomic E-state index is 0.191. The van der Waals surface area contributed by atoms with Gasteiger partial charge in [0.2, 0.25) is 0 Å². The van der Waals surface area contributed by atoms with Crippen molar-refractivity contribution >= 4 is 6.09 Å². The highest BCUT2D eigenvalue weighted by atomic mass is 16.5. The van der Waals surface area contributed by atoms with Crippen molar-refractivity contribution in [2.75, 3.05) is 13.2 Å². The van der Waals surface area contributed by atoms with E-state index in [0.717, 1.165) is 25.7 Å². The third-order valence-electron chi connectivity index (χ3n) is 4.45. The zero-order valence-corrected chi connectivity index (χ0v) is 11.5. The van der Waals surface area contributed by atoms with Gasteiger partial charge in [-0.05, 0) is 46.5 Å². The van der Waals surface area contributed by atoms with Gasteiger partial charge in [0.1, 0.15) is 0 Å². The second-order valence-corrected chi connectivity index (χ2v) is 6.69. The Kier molecular flexibility index (Phi) is 3.10. The van der Waals surface area contributed by atoms with E-state index in [2.05, 4.69) is 0 Å². The molecule has 18 heavy (non-hydrogen) atoms. The molecule has 0 spiro atoms. The molecule has 1 saturated carbocycles. The van der Waals surface area contributed by atoms with Crippen molar-refractivity contribution in [1.82, 2.24) is 4.90 Å². The molecule has 0 aromatic rings. The van der Waals surface area contributed by atoms with Crippen LogP contribution in [-0.4, -0.2) is 45.9 Å². The first kappa shape index (κ1) is 13.6. The number of rotatable bonds is 2. The lowest BCUT2D eigenvalue weighted by atomic mass is 9.69. The largest absolute Gasteiger partial charge is 0.465 e. The zero-order valence-electron chi connectivity index (χ0n) is 11.5. The normalized spacial score (nSPS) is 35.6. The van der Waals surface area contributed by atoms with Crippen molar-refractivity contribution in [3.8, 4) is 0 Å². The van der Waals surface area contributed by atoms with Gasteiger partial charge in [-0.3, -0.25) is 4.90 Å². The molecule has 5 heteroatoms. The molecule has 0 aromatic carbocycles. The third kappa shape index (κ3) is 1.99. The molecule has 3 N–H and O–H groups in total. The Morgan fingerprint density at radius 1 is 1.33 bits per heavy atom. The van der Waals surface area contributed by atoms with Crippen LogP contribution in [0.4, 0.5) is 4.79 Å². The second kappa shape index (κ2) is 4.10. The lowest BCUT2D eigenvalue weighted by molar-refractivity contribution is -0.193. The lowest BCUT2D eigenvalue weighted by Gasteiger charge is -2.59. The highest BCUT2D eigenvalue weighted by molar-refractivity contribution is 5.67. The van der Waals surface area contributed by atoms with E-state index < -0.39 is 11.6 Å².